The van der Waals surface area contributed by atoms with E-state index in [2.05, 4.69) is 10.5 Å². The Morgan fingerprint density at radius 3 is 2.71 bits per heavy atom. The van der Waals surface area contributed by atoms with Gasteiger partial charge >= 0.3 is 0 Å². The second kappa shape index (κ2) is 6.09. The van der Waals surface area contributed by atoms with Gasteiger partial charge in [0.15, 0.2) is 5.84 Å². The monoisotopic (exact) mass is 247 g/mol. The van der Waals surface area contributed by atoms with Crippen molar-refractivity contribution in [3.8, 4) is 0 Å². The van der Waals surface area contributed by atoms with Crippen molar-refractivity contribution in [1.29, 1.82) is 0 Å². The Labute approximate surface area is 95.9 Å². The van der Waals surface area contributed by atoms with E-state index in [1.165, 1.54) is 12.1 Å². The number of nitrogens with zero attached hydrogens (tertiary/aromatic N) is 1. The van der Waals surface area contributed by atoms with Gasteiger partial charge in [0.05, 0.1) is 6.54 Å². The Balaban J connectivity index is 2.76. The molecule has 0 heterocycles. The molecule has 0 aliphatic heterocycles. The van der Waals surface area contributed by atoms with Crippen molar-refractivity contribution in [2.45, 2.75) is 13.0 Å². The lowest BCUT2D eigenvalue weighted by Gasteiger charge is -2.06. The number of benzene rings is 1. The van der Waals surface area contributed by atoms with Crippen LogP contribution in [0.1, 0.15) is 11.1 Å². The topological polar surface area (TPSA) is 70.6 Å². The van der Waals surface area contributed by atoms with E-state index >= 15 is 0 Å². The first-order chi connectivity index (χ1) is 8.02. The minimum absolute atomic E-state index is 0.0772. The van der Waals surface area contributed by atoms with E-state index in [1.807, 2.05) is 0 Å². The molecule has 1 aromatic carbocycles. The fourth-order valence-corrected chi connectivity index (χ4v) is 1.28. The molecule has 0 aromatic heterocycles. The molecule has 17 heavy (non-hydrogen) atoms. The highest BCUT2D eigenvalue weighted by Crippen LogP contribution is 2.09. The molecule has 0 unspecified atom stereocenters. The third kappa shape index (κ3) is 4.31. The predicted molar refractivity (Wildman–Crippen MR) is 56.6 cm³/mol. The number of halogens is 3. The van der Waals surface area contributed by atoms with E-state index in [0.29, 0.717) is 5.56 Å². The summed E-state index contributed by atoms with van der Waals surface area (Å²) < 4.78 is 36.9. The maximum Gasteiger partial charge on any atom is 0.250 e. The zero-order chi connectivity index (χ0) is 12.8. The molecule has 0 saturated carbocycles. The Morgan fingerprint density at radius 1 is 1.41 bits per heavy atom. The highest BCUT2D eigenvalue weighted by atomic mass is 19.3. The number of hydrogen-bond donors (Lipinski definition) is 3. The van der Waals surface area contributed by atoms with Crippen LogP contribution in [0.4, 0.5) is 13.2 Å². The Morgan fingerprint density at radius 2 is 2.12 bits per heavy atom. The van der Waals surface area contributed by atoms with Crippen LogP contribution in [-0.4, -0.2) is 24.0 Å². The van der Waals surface area contributed by atoms with Gasteiger partial charge in [-0.2, -0.15) is 0 Å². The molecule has 0 bridgehead atoms. The zero-order valence-corrected chi connectivity index (χ0v) is 8.83. The molecule has 0 radical (unpaired) electrons. The second-order valence-corrected chi connectivity index (χ2v) is 3.36. The second-order valence-electron chi connectivity index (χ2n) is 3.36. The van der Waals surface area contributed by atoms with Gasteiger partial charge in [0.25, 0.3) is 6.43 Å². The van der Waals surface area contributed by atoms with Crippen molar-refractivity contribution in [2.75, 3.05) is 6.54 Å². The summed E-state index contributed by atoms with van der Waals surface area (Å²) in [5.74, 6) is -0.817. The summed E-state index contributed by atoms with van der Waals surface area (Å²) in [5, 5.41) is 13.6. The first-order valence-corrected chi connectivity index (χ1v) is 4.79. The Bertz CT molecular complexity index is 410. The molecule has 7 heteroatoms. The smallest absolute Gasteiger partial charge is 0.250 e. The molecular formula is C10H12F3N3O. The van der Waals surface area contributed by atoms with Crippen LogP contribution >= 0.6 is 0 Å². The van der Waals surface area contributed by atoms with E-state index in [1.54, 1.807) is 0 Å². The molecule has 4 N–H and O–H groups in total. The van der Waals surface area contributed by atoms with Crippen molar-refractivity contribution in [3.63, 3.8) is 0 Å². The zero-order valence-electron chi connectivity index (χ0n) is 8.83. The fourth-order valence-electron chi connectivity index (χ4n) is 1.28. The summed E-state index contributed by atoms with van der Waals surface area (Å²) in [7, 11) is 0. The summed E-state index contributed by atoms with van der Waals surface area (Å²) in [6.45, 7) is -0.400. The fraction of sp³-hybridized carbons (Fsp3) is 0.300. The van der Waals surface area contributed by atoms with Gasteiger partial charge in [0.2, 0.25) is 0 Å². The summed E-state index contributed by atoms with van der Waals surface area (Å²) >= 11 is 0. The molecular weight excluding hydrogens is 235 g/mol. The molecule has 0 aliphatic rings. The highest BCUT2D eigenvalue weighted by Gasteiger charge is 2.06. The summed E-state index contributed by atoms with van der Waals surface area (Å²) in [4.78, 5) is 0. The molecule has 1 aromatic rings. The molecule has 0 amide bonds. The average molecular weight is 247 g/mol. The van der Waals surface area contributed by atoms with Gasteiger partial charge in [0, 0.05) is 12.1 Å². The summed E-state index contributed by atoms with van der Waals surface area (Å²) in [6.07, 6.45) is -2.47. The van der Waals surface area contributed by atoms with Crippen LogP contribution in [-0.2, 0) is 6.54 Å². The largest absolute Gasteiger partial charge is 0.409 e. The van der Waals surface area contributed by atoms with Crippen LogP contribution in [0.3, 0.4) is 0 Å². The summed E-state index contributed by atoms with van der Waals surface area (Å²) in [5.41, 5.74) is 5.93. The number of hydrogen-bond acceptors (Lipinski definition) is 3. The number of rotatable bonds is 5. The van der Waals surface area contributed by atoms with Crippen molar-refractivity contribution in [3.05, 3.63) is 35.1 Å². The minimum atomic E-state index is -2.47. The van der Waals surface area contributed by atoms with Gasteiger partial charge in [-0.05, 0) is 23.8 Å². The Hall–Kier alpha value is -1.76. The van der Waals surface area contributed by atoms with Gasteiger partial charge in [-0.25, -0.2) is 13.2 Å². The third-order valence-corrected chi connectivity index (χ3v) is 1.99. The van der Waals surface area contributed by atoms with Crippen molar-refractivity contribution in [2.24, 2.45) is 10.9 Å². The lowest BCUT2D eigenvalue weighted by molar-refractivity contribution is 0.145. The minimum Gasteiger partial charge on any atom is -0.409 e. The van der Waals surface area contributed by atoms with E-state index in [4.69, 9.17) is 10.9 Å². The molecule has 94 valence electrons. The lowest BCUT2D eigenvalue weighted by atomic mass is 10.1. The quantitative estimate of drug-likeness (QED) is 0.317. The maximum absolute atomic E-state index is 13.1. The molecule has 0 fully saturated rings. The van der Waals surface area contributed by atoms with Gasteiger partial charge in [0.1, 0.15) is 5.82 Å². The maximum atomic E-state index is 13.1. The van der Waals surface area contributed by atoms with Crippen molar-refractivity contribution < 1.29 is 18.4 Å². The van der Waals surface area contributed by atoms with Crippen LogP contribution in [0.15, 0.2) is 23.4 Å². The lowest BCUT2D eigenvalue weighted by Crippen LogP contribution is -2.21. The average Bonchev–Trinajstić information content (AvgIpc) is 2.26. The van der Waals surface area contributed by atoms with Crippen molar-refractivity contribution >= 4 is 5.84 Å². The van der Waals surface area contributed by atoms with Crippen LogP contribution in [0.5, 0.6) is 0 Å². The predicted octanol–water partition coefficient (Wildman–Crippen LogP) is 1.27. The van der Waals surface area contributed by atoms with Gasteiger partial charge in [-0.3, -0.25) is 0 Å². The Kier molecular flexibility index (Phi) is 4.77. The molecule has 0 atom stereocenters. The molecule has 0 aliphatic carbocycles. The molecule has 1 rings (SSSR count). The summed E-state index contributed by atoms with van der Waals surface area (Å²) in [6, 6.07) is 3.73. The van der Waals surface area contributed by atoms with E-state index < -0.39 is 18.8 Å². The number of alkyl halides is 2. The third-order valence-electron chi connectivity index (χ3n) is 1.99. The molecule has 0 spiro atoms. The van der Waals surface area contributed by atoms with Crippen LogP contribution < -0.4 is 11.1 Å². The van der Waals surface area contributed by atoms with Gasteiger partial charge in [-0.1, -0.05) is 5.16 Å². The number of nitrogens with one attached hydrogen (secondary N) is 1. The number of nitrogens with two attached hydrogens (primary N) is 1. The normalized spacial score (nSPS) is 12.1. The first-order valence-electron chi connectivity index (χ1n) is 4.79. The number of amidine groups is 1. The standard InChI is InChI=1S/C10H12F3N3O/c11-8-2-6(4-15-5-9(12)13)1-7(3-8)10(14)16-17/h1-3,9,15,17H,4-5H2,(H2,14,16). The molecule has 0 saturated heterocycles. The van der Waals surface area contributed by atoms with Gasteiger partial charge in [-0.15, -0.1) is 0 Å². The van der Waals surface area contributed by atoms with E-state index in [0.717, 1.165) is 6.07 Å². The van der Waals surface area contributed by atoms with Crippen LogP contribution in [0.2, 0.25) is 0 Å². The van der Waals surface area contributed by atoms with E-state index in [9.17, 15) is 13.2 Å². The van der Waals surface area contributed by atoms with Gasteiger partial charge < -0.3 is 16.3 Å². The van der Waals surface area contributed by atoms with Crippen LogP contribution in [0.25, 0.3) is 0 Å². The van der Waals surface area contributed by atoms with Crippen molar-refractivity contribution in [1.82, 2.24) is 5.32 Å². The molecule has 4 nitrogen and oxygen atoms in total. The SMILES string of the molecule is N/C(=N/O)c1cc(F)cc(CNCC(F)F)c1. The highest BCUT2D eigenvalue weighted by molar-refractivity contribution is 5.97. The van der Waals surface area contributed by atoms with Crippen LogP contribution in [0, 0.1) is 5.82 Å². The number of oxime groups is 1. The van der Waals surface area contributed by atoms with E-state index in [-0.39, 0.29) is 17.9 Å². The first kappa shape index (κ1) is 13.3.